The molecule has 0 aromatic heterocycles. The maximum Gasteiger partial charge on any atom is 0.126 e. The summed E-state index contributed by atoms with van der Waals surface area (Å²) in [4.78, 5) is 3.71. The van der Waals surface area contributed by atoms with Crippen molar-refractivity contribution in [2.45, 2.75) is 13.0 Å². The number of nitrogens with zero attached hydrogens (tertiary/aromatic N) is 1. The molecule has 0 aliphatic heterocycles. The Morgan fingerprint density at radius 1 is 1.31 bits per heavy atom. The molecule has 0 amide bonds. The van der Waals surface area contributed by atoms with E-state index in [9.17, 15) is 8.78 Å². The Kier molecular flexibility index (Phi) is 3.23. The van der Waals surface area contributed by atoms with E-state index in [1.807, 2.05) is 0 Å². The van der Waals surface area contributed by atoms with E-state index in [2.05, 4.69) is 22.4 Å². The van der Waals surface area contributed by atoms with E-state index in [-0.39, 0.29) is 6.04 Å². The average molecular weight is 199 g/mol. The van der Waals surface area contributed by atoms with Gasteiger partial charge < -0.3 is 0 Å². The van der Waals surface area contributed by atoms with Gasteiger partial charge in [0.2, 0.25) is 0 Å². The molecule has 4 heteroatoms. The van der Waals surface area contributed by atoms with E-state index in [0.717, 1.165) is 6.07 Å². The predicted octanol–water partition coefficient (Wildman–Crippen LogP) is 3.13. The zero-order valence-electron chi connectivity index (χ0n) is 6.92. The average Bonchev–Trinajstić information content (AvgIpc) is 2.03. The fraction of sp³-hybridized carbons (Fsp3) is 0.222. The van der Waals surface area contributed by atoms with Crippen LogP contribution >= 0.6 is 12.2 Å². The summed E-state index contributed by atoms with van der Waals surface area (Å²) in [7, 11) is 0. The summed E-state index contributed by atoms with van der Waals surface area (Å²) >= 11 is 4.39. The molecule has 0 saturated heterocycles. The van der Waals surface area contributed by atoms with Crippen LogP contribution in [0.2, 0.25) is 0 Å². The van der Waals surface area contributed by atoms with E-state index in [4.69, 9.17) is 0 Å². The Hall–Kier alpha value is -1.12. The maximum absolute atomic E-state index is 12.7. The Bertz CT molecular complexity index is 338. The molecule has 68 valence electrons. The van der Waals surface area contributed by atoms with Gasteiger partial charge in [-0.25, -0.2) is 13.8 Å². The molecular formula is C9H7F2NS. The molecule has 1 atom stereocenters. The minimum atomic E-state index is -0.610. The van der Waals surface area contributed by atoms with Crippen LogP contribution in [0.15, 0.2) is 23.2 Å². The molecule has 1 aromatic carbocycles. The second-order valence-corrected chi connectivity index (χ2v) is 2.78. The summed E-state index contributed by atoms with van der Waals surface area (Å²) in [6.45, 7) is 1.69. The van der Waals surface area contributed by atoms with Crippen molar-refractivity contribution in [1.29, 1.82) is 0 Å². The van der Waals surface area contributed by atoms with Crippen LogP contribution in [0.5, 0.6) is 0 Å². The van der Waals surface area contributed by atoms with Crippen LogP contribution in [0.3, 0.4) is 0 Å². The van der Waals surface area contributed by atoms with Crippen LogP contribution in [0.25, 0.3) is 0 Å². The number of thiocarbonyl (C=S) groups is 1. The first kappa shape index (κ1) is 9.96. The SMILES string of the molecule is CC(N=C=S)c1cc(F)cc(F)c1. The first-order valence-electron chi connectivity index (χ1n) is 3.66. The van der Waals surface area contributed by atoms with Gasteiger partial charge in [0.1, 0.15) is 11.6 Å². The van der Waals surface area contributed by atoms with Gasteiger partial charge in [0.05, 0.1) is 11.2 Å². The van der Waals surface area contributed by atoms with Crippen molar-refractivity contribution in [3.05, 3.63) is 35.4 Å². The highest BCUT2D eigenvalue weighted by Crippen LogP contribution is 2.18. The van der Waals surface area contributed by atoms with E-state index >= 15 is 0 Å². The smallest absolute Gasteiger partial charge is 0.126 e. The summed E-state index contributed by atoms with van der Waals surface area (Å²) in [6.07, 6.45) is 0. The normalized spacial score (nSPS) is 11.9. The number of benzene rings is 1. The van der Waals surface area contributed by atoms with Crippen LogP contribution in [-0.2, 0) is 0 Å². The van der Waals surface area contributed by atoms with Gasteiger partial charge in [-0.2, -0.15) is 0 Å². The van der Waals surface area contributed by atoms with Crippen molar-refractivity contribution >= 4 is 17.4 Å². The summed E-state index contributed by atoms with van der Waals surface area (Å²) in [6, 6.07) is 2.91. The molecule has 0 fully saturated rings. The highest BCUT2D eigenvalue weighted by molar-refractivity contribution is 7.78. The van der Waals surface area contributed by atoms with Gasteiger partial charge in [-0.05, 0) is 36.8 Å². The second kappa shape index (κ2) is 4.21. The van der Waals surface area contributed by atoms with E-state index in [1.54, 1.807) is 6.92 Å². The Morgan fingerprint density at radius 3 is 2.31 bits per heavy atom. The zero-order chi connectivity index (χ0) is 9.84. The van der Waals surface area contributed by atoms with E-state index in [0.29, 0.717) is 5.56 Å². The highest BCUT2D eigenvalue weighted by atomic mass is 32.1. The number of hydrogen-bond acceptors (Lipinski definition) is 2. The van der Waals surface area contributed by atoms with Crippen molar-refractivity contribution in [2.75, 3.05) is 0 Å². The molecule has 0 heterocycles. The van der Waals surface area contributed by atoms with Gasteiger partial charge in [-0.1, -0.05) is 0 Å². The lowest BCUT2D eigenvalue weighted by molar-refractivity contribution is 0.576. The van der Waals surface area contributed by atoms with Gasteiger partial charge in [-0.3, -0.25) is 0 Å². The van der Waals surface area contributed by atoms with Crippen molar-refractivity contribution in [1.82, 2.24) is 0 Å². The predicted molar refractivity (Wildman–Crippen MR) is 49.8 cm³/mol. The third-order valence-corrected chi connectivity index (χ3v) is 1.72. The van der Waals surface area contributed by atoms with Crippen molar-refractivity contribution in [3.8, 4) is 0 Å². The van der Waals surface area contributed by atoms with Crippen molar-refractivity contribution in [3.63, 3.8) is 0 Å². The van der Waals surface area contributed by atoms with E-state index in [1.165, 1.54) is 12.1 Å². The van der Waals surface area contributed by atoms with Crippen LogP contribution < -0.4 is 0 Å². The maximum atomic E-state index is 12.7. The monoisotopic (exact) mass is 199 g/mol. The first-order chi connectivity index (χ1) is 6.13. The van der Waals surface area contributed by atoms with Gasteiger partial charge in [-0.15, -0.1) is 0 Å². The van der Waals surface area contributed by atoms with Crippen LogP contribution in [0.1, 0.15) is 18.5 Å². The zero-order valence-corrected chi connectivity index (χ0v) is 7.74. The molecule has 0 spiro atoms. The van der Waals surface area contributed by atoms with Crippen LogP contribution in [0, 0.1) is 11.6 Å². The quantitative estimate of drug-likeness (QED) is 0.526. The molecule has 0 N–H and O–H groups in total. The number of hydrogen-bond donors (Lipinski definition) is 0. The van der Waals surface area contributed by atoms with Gasteiger partial charge in [0, 0.05) is 6.07 Å². The fourth-order valence-corrected chi connectivity index (χ4v) is 1.13. The molecule has 0 saturated carbocycles. The molecule has 1 rings (SSSR count). The van der Waals surface area contributed by atoms with Gasteiger partial charge >= 0.3 is 0 Å². The third kappa shape index (κ3) is 2.68. The molecule has 0 aliphatic rings. The van der Waals surface area contributed by atoms with Crippen molar-refractivity contribution < 1.29 is 8.78 Å². The lowest BCUT2D eigenvalue weighted by Gasteiger charge is -2.04. The lowest BCUT2D eigenvalue weighted by atomic mass is 10.1. The topological polar surface area (TPSA) is 12.4 Å². The minimum Gasteiger partial charge on any atom is -0.225 e. The molecule has 0 radical (unpaired) electrons. The molecule has 0 bridgehead atoms. The molecule has 13 heavy (non-hydrogen) atoms. The summed E-state index contributed by atoms with van der Waals surface area (Å²) in [5.74, 6) is -1.22. The number of aliphatic imine (C=N–C) groups is 1. The fourth-order valence-electron chi connectivity index (χ4n) is 0.970. The molecule has 0 aliphatic carbocycles. The lowest BCUT2D eigenvalue weighted by Crippen LogP contribution is -1.92. The summed E-state index contributed by atoms with van der Waals surface area (Å²) in [5.41, 5.74) is 0.454. The van der Waals surface area contributed by atoms with E-state index < -0.39 is 11.6 Å². The molecule has 1 aromatic rings. The summed E-state index contributed by atoms with van der Waals surface area (Å²) < 4.78 is 25.4. The largest absolute Gasteiger partial charge is 0.225 e. The standard InChI is InChI=1S/C9H7F2NS/c1-6(12-5-13)7-2-8(10)4-9(11)3-7/h2-4,6H,1H3. The van der Waals surface area contributed by atoms with Crippen LogP contribution in [-0.4, -0.2) is 5.16 Å². The second-order valence-electron chi connectivity index (χ2n) is 2.60. The molecule has 1 nitrogen and oxygen atoms in total. The number of isothiocyanates is 1. The Labute approximate surface area is 80.1 Å². The molecule has 1 unspecified atom stereocenters. The number of halogens is 2. The highest BCUT2D eigenvalue weighted by Gasteiger charge is 2.06. The van der Waals surface area contributed by atoms with Crippen LogP contribution in [0.4, 0.5) is 8.78 Å². The first-order valence-corrected chi connectivity index (χ1v) is 4.07. The number of rotatable bonds is 2. The Balaban J connectivity index is 3.07. The third-order valence-electron chi connectivity index (χ3n) is 1.61. The minimum absolute atomic E-state index is 0.359. The van der Waals surface area contributed by atoms with Gasteiger partial charge in [0.15, 0.2) is 0 Å². The van der Waals surface area contributed by atoms with Gasteiger partial charge in [0.25, 0.3) is 0 Å². The van der Waals surface area contributed by atoms with Crippen molar-refractivity contribution in [2.24, 2.45) is 4.99 Å². The summed E-state index contributed by atoms with van der Waals surface area (Å²) in [5, 5.41) is 2.17. The Morgan fingerprint density at radius 2 is 1.85 bits per heavy atom. The molecular weight excluding hydrogens is 192 g/mol.